The number of nitrogens with one attached hydrogen (secondary N) is 1. The molecule has 0 aromatic carbocycles. The number of halogens is 2. The molecule has 1 aromatic rings. The predicted octanol–water partition coefficient (Wildman–Crippen LogP) is 2.57. The highest BCUT2D eigenvalue weighted by Gasteiger charge is 2.16. The van der Waals surface area contributed by atoms with Crippen molar-refractivity contribution in [1.82, 2.24) is 4.98 Å². The molecule has 0 radical (unpaired) electrons. The lowest BCUT2D eigenvalue weighted by Gasteiger charge is -2.20. The van der Waals surface area contributed by atoms with Crippen LogP contribution in [-0.4, -0.2) is 22.7 Å². The van der Waals surface area contributed by atoms with Crippen LogP contribution >= 0.6 is 0 Å². The highest BCUT2D eigenvalue weighted by Crippen LogP contribution is 2.15. The topological polar surface area (TPSA) is 45.1 Å². The van der Waals surface area contributed by atoms with E-state index in [1.165, 1.54) is 0 Å². The maximum absolute atomic E-state index is 13.2. The average molecular weight is 244 g/mol. The van der Waals surface area contributed by atoms with Crippen LogP contribution in [0.4, 0.5) is 14.6 Å². The summed E-state index contributed by atoms with van der Waals surface area (Å²) in [6.45, 7) is 4.20. The van der Waals surface area contributed by atoms with Gasteiger partial charge in [-0.1, -0.05) is 26.7 Å². The first-order chi connectivity index (χ1) is 8.08. The minimum absolute atomic E-state index is 0.0311. The summed E-state index contributed by atoms with van der Waals surface area (Å²) < 4.78 is 25.8. The van der Waals surface area contributed by atoms with Crippen molar-refractivity contribution in [2.24, 2.45) is 5.92 Å². The molecule has 1 rings (SSSR count). The fourth-order valence-corrected chi connectivity index (χ4v) is 1.75. The van der Waals surface area contributed by atoms with Crippen LogP contribution in [0.25, 0.3) is 0 Å². The Morgan fingerprint density at radius 3 is 2.53 bits per heavy atom. The zero-order chi connectivity index (χ0) is 12.8. The molecule has 0 amide bonds. The van der Waals surface area contributed by atoms with Crippen LogP contribution in [0, 0.1) is 17.6 Å². The third-order valence-electron chi connectivity index (χ3n) is 2.88. The van der Waals surface area contributed by atoms with E-state index in [1.807, 2.05) is 13.8 Å². The van der Waals surface area contributed by atoms with Gasteiger partial charge in [-0.15, -0.1) is 0 Å². The van der Waals surface area contributed by atoms with Crippen LogP contribution in [0.3, 0.4) is 0 Å². The second-order valence-electron chi connectivity index (χ2n) is 4.01. The fraction of sp³-hybridized carbons (Fsp3) is 0.583. The van der Waals surface area contributed by atoms with Gasteiger partial charge in [0.2, 0.25) is 0 Å². The van der Waals surface area contributed by atoms with Gasteiger partial charge in [0.15, 0.2) is 11.6 Å². The molecule has 3 nitrogen and oxygen atoms in total. The van der Waals surface area contributed by atoms with Gasteiger partial charge in [-0.05, 0) is 5.92 Å². The SMILES string of the molecule is CCC(CC)C(O)CNc1ncc(F)cc1F. The molecule has 1 heterocycles. The summed E-state index contributed by atoms with van der Waals surface area (Å²) in [6.07, 6.45) is 2.10. The van der Waals surface area contributed by atoms with Gasteiger partial charge in [0, 0.05) is 12.6 Å². The lowest BCUT2D eigenvalue weighted by atomic mass is 9.96. The Hall–Kier alpha value is -1.23. The average Bonchev–Trinajstić information content (AvgIpc) is 2.29. The summed E-state index contributed by atoms with van der Waals surface area (Å²) in [5.74, 6) is -1.32. The Kier molecular flexibility index (Phi) is 5.28. The molecule has 0 spiro atoms. The molecule has 0 aliphatic heterocycles. The van der Waals surface area contributed by atoms with E-state index in [0.717, 1.165) is 25.1 Å². The summed E-state index contributed by atoms with van der Waals surface area (Å²) in [4.78, 5) is 3.59. The van der Waals surface area contributed by atoms with Gasteiger partial charge in [-0.2, -0.15) is 0 Å². The second-order valence-corrected chi connectivity index (χ2v) is 4.01. The molecular weight excluding hydrogens is 226 g/mol. The third-order valence-corrected chi connectivity index (χ3v) is 2.88. The quantitative estimate of drug-likeness (QED) is 0.808. The van der Waals surface area contributed by atoms with Crippen LogP contribution in [0.15, 0.2) is 12.3 Å². The van der Waals surface area contributed by atoms with Gasteiger partial charge in [0.05, 0.1) is 12.3 Å². The normalized spacial score (nSPS) is 12.8. The minimum Gasteiger partial charge on any atom is -0.391 e. The molecule has 2 N–H and O–H groups in total. The van der Waals surface area contributed by atoms with E-state index in [-0.39, 0.29) is 18.3 Å². The number of rotatable bonds is 6. The van der Waals surface area contributed by atoms with Gasteiger partial charge >= 0.3 is 0 Å². The monoisotopic (exact) mass is 244 g/mol. The Morgan fingerprint density at radius 1 is 1.35 bits per heavy atom. The van der Waals surface area contributed by atoms with Crippen molar-refractivity contribution in [2.45, 2.75) is 32.8 Å². The first-order valence-electron chi connectivity index (χ1n) is 5.81. The van der Waals surface area contributed by atoms with Gasteiger partial charge in [-0.25, -0.2) is 13.8 Å². The lowest BCUT2D eigenvalue weighted by molar-refractivity contribution is 0.114. The van der Waals surface area contributed by atoms with E-state index in [0.29, 0.717) is 0 Å². The molecule has 0 aliphatic carbocycles. The fourth-order valence-electron chi connectivity index (χ4n) is 1.75. The number of hydrogen-bond donors (Lipinski definition) is 2. The zero-order valence-electron chi connectivity index (χ0n) is 10.1. The smallest absolute Gasteiger partial charge is 0.168 e. The van der Waals surface area contributed by atoms with Crippen molar-refractivity contribution in [2.75, 3.05) is 11.9 Å². The highest BCUT2D eigenvalue weighted by molar-refractivity contribution is 5.35. The molecule has 0 saturated carbocycles. The van der Waals surface area contributed by atoms with Crippen LogP contribution < -0.4 is 5.32 Å². The van der Waals surface area contributed by atoms with E-state index in [4.69, 9.17) is 0 Å². The van der Waals surface area contributed by atoms with Crippen LogP contribution in [-0.2, 0) is 0 Å². The maximum atomic E-state index is 13.2. The summed E-state index contributed by atoms with van der Waals surface area (Å²) in [6, 6.07) is 0.763. The molecule has 0 fully saturated rings. The van der Waals surface area contributed by atoms with Gasteiger partial charge in [-0.3, -0.25) is 0 Å². The van der Waals surface area contributed by atoms with E-state index in [1.54, 1.807) is 0 Å². The summed E-state index contributed by atoms with van der Waals surface area (Å²) in [7, 11) is 0. The Labute approximate surface area is 99.9 Å². The van der Waals surface area contributed by atoms with Crippen molar-refractivity contribution < 1.29 is 13.9 Å². The number of aliphatic hydroxyl groups excluding tert-OH is 1. The highest BCUT2D eigenvalue weighted by atomic mass is 19.1. The van der Waals surface area contributed by atoms with Gasteiger partial charge < -0.3 is 10.4 Å². The number of hydrogen-bond acceptors (Lipinski definition) is 3. The molecule has 17 heavy (non-hydrogen) atoms. The molecule has 0 aliphatic rings. The Balaban J connectivity index is 2.55. The van der Waals surface area contributed by atoms with Crippen LogP contribution in [0.1, 0.15) is 26.7 Å². The lowest BCUT2D eigenvalue weighted by Crippen LogP contribution is -2.28. The first-order valence-corrected chi connectivity index (χ1v) is 5.81. The number of aliphatic hydroxyl groups is 1. The molecule has 1 unspecified atom stereocenters. The second kappa shape index (κ2) is 6.49. The number of nitrogens with zero attached hydrogens (tertiary/aromatic N) is 1. The summed E-state index contributed by atoms with van der Waals surface area (Å²) >= 11 is 0. The van der Waals surface area contributed by atoms with Crippen LogP contribution in [0.5, 0.6) is 0 Å². The van der Waals surface area contributed by atoms with Crippen molar-refractivity contribution in [3.05, 3.63) is 23.9 Å². The van der Waals surface area contributed by atoms with Crippen molar-refractivity contribution in [3.8, 4) is 0 Å². The van der Waals surface area contributed by atoms with E-state index in [9.17, 15) is 13.9 Å². The van der Waals surface area contributed by atoms with Gasteiger partial charge in [0.1, 0.15) is 5.82 Å². The molecule has 1 aromatic heterocycles. The maximum Gasteiger partial charge on any atom is 0.168 e. The predicted molar refractivity (Wildman–Crippen MR) is 62.7 cm³/mol. The molecule has 0 saturated heterocycles. The molecule has 0 bridgehead atoms. The molecule has 5 heteroatoms. The van der Waals surface area contributed by atoms with Crippen molar-refractivity contribution in [1.29, 1.82) is 0 Å². The number of anilines is 1. The standard InChI is InChI=1S/C12H18F2N2O/c1-3-8(4-2)11(17)7-16-12-10(14)5-9(13)6-15-12/h5-6,8,11,17H,3-4,7H2,1-2H3,(H,15,16). The first kappa shape index (κ1) is 13.8. The van der Waals surface area contributed by atoms with Crippen molar-refractivity contribution >= 4 is 5.82 Å². The van der Waals surface area contributed by atoms with E-state index >= 15 is 0 Å². The van der Waals surface area contributed by atoms with Gasteiger partial charge in [0.25, 0.3) is 0 Å². The van der Waals surface area contributed by atoms with E-state index < -0.39 is 17.7 Å². The summed E-state index contributed by atoms with van der Waals surface area (Å²) in [5.41, 5.74) is 0. The molecule has 1 atom stereocenters. The number of pyridine rings is 1. The van der Waals surface area contributed by atoms with Crippen LogP contribution in [0.2, 0.25) is 0 Å². The molecular formula is C12H18F2N2O. The minimum atomic E-state index is -0.748. The van der Waals surface area contributed by atoms with Crippen molar-refractivity contribution in [3.63, 3.8) is 0 Å². The molecule has 96 valence electrons. The Morgan fingerprint density at radius 2 is 2.00 bits per heavy atom. The zero-order valence-corrected chi connectivity index (χ0v) is 10.1. The summed E-state index contributed by atoms with van der Waals surface area (Å²) in [5, 5.41) is 12.5. The largest absolute Gasteiger partial charge is 0.391 e. The van der Waals surface area contributed by atoms with E-state index in [2.05, 4.69) is 10.3 Å². The third kappa shape index (κ3) is 3.93. The Bertz CT molecular complexity index is 356. The number of aromatic nitrogens is 1.